The second-order valence-electron chi connectivity index (χ2n) is 33.8. The molecule has 10 rings (SSSR count). The normalized spacial score (nSPS) is 16.9. The van der Waals surface area contributed by atoms with Crippen LogP contribution in [-0.4, -0.2) is 45.0 Å². The van der Waals surface area contributed by atoms with E-state index >= 15 is 0 Å². The maximum atomic E-state index is 6.02. The van der Waals surface area contributed by atoms with Crippen LogP contribution in [-0.2, 0) is 43.3 Å². The van der Waals surface area contributed by atoms with Crippen molar-refractivity contribution in [1.82, 2.24) is 24.8 Å². The van der Waals surface area contributed by atoms with Gasteiger partial charge in [-0.15, -0.1) is 0 Å². The Morgan fingerprint density at radius 1 is 0.310 bits per heavy atom. The van der Waals surface area contributed by atoms with Crippen LogP contribution in [0, 0.1) is 0 Å². The molecule has 1 fully saturated rings. The second-order valence-corrected chi connectivity index (χ2v) is 33.8. The molecule has 0 spiro atoms. The van der Waals surface area contributed by atoms with Gasteiger partial charge in [0.1, 0.15) is 0 Å². The summed E-state index contributed by atoms with van der Waals surface area (Å²) in [5, 5.41) is 0. The van der Waals surface area contributed by atoms with Gasteiger partial charge in [-0.2, -0.15) is 0 Å². The average molecular weight is 1120 g/mol. The highest BCUT2D eigenvalue weighted by atomic mass is 15.1. The summed E-state index contributed by atoms with van der Waals surface area (Å²) in [5.41, 5.74) is 27.3. The summed E-state index contributed by atoms with van der Waals surface area (Å²) in [4.78, 5) is 23.2. The van der Waals surface area contributed by atoms with Gasteiger partial charge in [0.05, 0.1) is 22.8 Å². The van der Waals surface area contributed by atoms with Crippen molar-refractivity contribution < 1.29 is 0 Å². The monoisotopic (exact) mass is 1120 g/mol. The standard InChI is InChI=1S/C79H101N5/c1-72(2,3)50-32-46(33-51(40-50)73(4,5)6)66-60-26-27-61(80-60)67(47-34-52(74(7,8)9)41-53(35-47)75(10,11)12)63-29-31-65(82-63)69(49-38-56(78(19,20)21)43-57(39-49)79(22,23)24)71-59-45-84(25)44-58(59)70(83-71)68(64-30-28-62(66)81-64)48-36-54(76(13,14)15)42-55(37-48)77(16,17)18/h26-43,58-59,80,83H,44-45H2,1-25H3. The molecule has 4 aliphatic heterocycles. The lowest BCUT2D eigenvalue weighted by Gasteiger charge is -2.27. The highest BCUT2D eigenvalue weighted by molar-refractivity contribution is 5.97. The number of hydrogen-bond acceptors (Lipinski definition) is 3. The fraction of sp³-hybridized carbons (Fsp3) is 0.468. The summed E-state index contributed by atoms with van der Waals surface area (Å²) in [6.07, 6.45) is 9.27. The molecule has 0 saturated carbocycles. The molecular formula is C79H101N5. The summed E-state index contributed by atoms with van der Waals surface area (Å²) in [6, 6.07) is 34.1. The molecule has 1 saturated heterocycles. The molecule has 0 radical (unpaired) electrons. The van der Waals surface area contributed by atoms with Crippen molar-refractivity contribution in [3.63, 3.8) is 0 Å². The Hall–Kier alpha value is -6.30. The maximum Gasteiger partial charge on any atom is 0.0737 e. The Morgan fingerprint density at radius 2 is 0.524 bits per heavy atom. The lowest BCUT2D eigenvalue weighted by Crippen LogP contribution is -2.17. The fourth-order valence-electron chi connectivity index (χ4n) is 12.7. The van der Waals surface area contributed by atoms with Crippen molar-refractivity contribution in [1.29, 1.82) is 0 Å². The number of nitrogens with zero attached hydrogens (tertiary/aromatic N) is 3. The molecular weight excluding hydrogens is 1020 g/mol. The Kier molecular flexibility index (Phi) is 14.8. The third-order valence-corrected chi connectivity index (χ3v) is 18.4. The smallest absolute Gasteiger partial charge is 0.0737 e. The zero-order valence-corrected chi connectivity index (χ0v) is 56.3. The van der Waals surface area contributed by atoms with Gasteiger partial charge in [0, 0.05) is 69.6 Å². The summed E-state index contributed by atoms with van der Waals surface area (Å²) < 4.78 is 0. The molecule has 5 nitrogen and oxygen atoms in total. The topological polar surface area (TPSA) is 60.6 Å². The summed E-state index contributed by atoms with van der Waals surface area (Å²) in [5.74, 6) is 0.323. The second kappa shape index (κ2) is 20.4. The van der Waals surface area contributed by atoms with E-state index in [9.17, 15) is 0 Å². The number of likely N-dealkylation sites (tertiary alicyclic amines) is 1. The number of nitrogens with one attached hydrogen (secondary N) is 2. The van der Waals surface area contributed by atoms with Crippen LogP contribution in [0.2, 0.25) is 0 Å². The molecule has 8 bridgehead atoms. The van der Waals surface area contributed by atoms with Crippen LogP contribution < -0.4 is 0 Å². The van der Waals surface area contributed by atoms with E-state index in [4.69, 9.17) is 9.97 Å². The van der Waals surface area contributed by atoms with Crippen LogP contribution >= 0.6 is 0 Å². The number of benzene rings is 4. The van der Waals surface area contributed by atoms with Gasteiger partial charge < -0.3 is 14.9 Å². The Bertz CT molecular complexity index is 3500. The Balaban J connectivity index is 1.50. The first kappa shape index (κ1) is 60.8. The fourth-order valence-corrected chi connectivity index (χ4v) is 12.7. The van der Waals surface area contributed by atoms with Gasteiger partial charge in [0.25, 0.3) is 0 Å². The minimum atomic E-state index is -0.0999. The number of likely N-dealkylation sites (N-methyl/N-ethyl adjacent to an activating group) is 1. The molecule has 2 atom stereocenters. The molecule has 4 aliphatic rings. The van der Waals surface area contributed by atoms with E-state index in [0.717, 1.165) is 69.2 Å². The van der Waals surface area contributed by atoms with E-state index < -0.39 is 0 Å². The molecule has 6 heterocycles. The zero-order chi connectivity index (χ0) is 61.6. The van der Waals surface area contributed by atoms with Crippen LogP contribution in [0.3, 0.4) is 0 Å². The molecule has 5 heteroatoms. The lowest BCUT2D eigenvalue weighted by atomic mass is 9.77. The van der Waals surface area contributed by atoms with E-state index in [1.54, 1.807) is 0 Å². The van der Waals surface area contributed by atoms with Crippen molar-refractivity contribution in [3.8, 4) is 44.5 Å². The molecule has 0 aliphatic carbocycles. The minimum Gasteiger partial charge on any atom is -0.361 e. The van der Waals surface area contributed by atoms with Crippen LogP contribution in [0.5, 0.6) is 0 Å². The minimum absolute atomic E-state index is 0.0983. The quantitative estimate of drug-likeness (QED) is 0.185. The van der Waals surface area contributed by atoms with Gasteiger partial charge in [-0.1, -0.05) is 239 Å². The van der Waals surface area contributed by atoms with Crippen LogP contribution in [0.25, 0.3) is 79.8 Å². The molecule has 2 N–H and O–H groups in total. The highest BCUT2D eigenvalue weighted by Crippen LogP contribution is 2.52. The van der Waals surface area contributed by atoms with Crippen molar-refractivity contribution in [2.75, 3.05) is 20.1 Å². The molecule has 6 aromatic rings. The predicted octanol–water partition coefficient (Wildman–Crippen LogP) is 21.2. The highest BCUT2D eigenvalue weighted by Gasteiger charge is 2.43. The summed E-state index contributed by atoms with van der Waals surface area (Å²) in [7, 11) is 2.31. The third-order valence-electron chi connectivity index (χ3n) is 18.4. The number of hydrogen-bond donors (Lipinski definition) is 2. The van der Waals surface area contributed by atoms with E-state index in [0.29, 0.717) is 0 Å². The Morgan fingerprint density at radius 3 is 0.750 bits per heavy atom. The molecule has 2 aromatic heterocycles. The molecule has 442 valence electrons. The van der Waals surface area contributed by atoms with E-state index in [1.807, 2.05) is 0 Å². The van der Waals surface area contributed by atoms with Crippen molar-refractivity contribution >= 4 is 35.3 Å². The van der Waals surface area contributed by atoms with Crippen LogP contribution in [0.1, 0.15) is 257 Å². The molecule has 84 heavy (non-hydrogen) atoms. The van der Waals surface area contributed by atoms with Crippen molar-refractivity contribution in [3.05, 3.63) is 164 Å². The van der Waals surface area contributed by atoms with Crippen LogP contribution in [0.15, 0.2) is 84.9 Å². The van der Waals surface area contributed by atoms with Crippen molar-refractivity contribution in [2.24, 2.45) is 0 Å². The number of aromatic nitrogens is 4. The van der Waals surface area contributed by atoms with Gasteiger partial charge in [0.15, 0.2) is 0 Å². The zero-order valence-electron chi connectivity index (χ0n) is 56.3. The number of aromatic amines is 2. The van der Waals surface area contributed by atoms with Crippen molar-refractivity contribution in [2.45, 2.75) is 221 Å². The number of fused-ring (bicyclic) bond motifs is 11. The van der Waals surface area contributed by atoms with Gasteiger partial charge in [0.2, 0.25) is 0 Å². The first-order chi connectivity index (χ1) is 38.5. The predicted molar refractivity (Wildman–Crippen MR) is 364 cm³/mol. The SMILES string of the molecule is CN1CC2c3[nH]c(c(-c4cc(C(C)(C)C)cc(C(C)(C)C)c4)c4nc(c(-c5cc(C(C)(C)C)cc(C(C)(C)C)c5)c5ccc([nH]5)c(-c5cc(C(C)(C)C)cc(C(C)(C)C)c5)c5nc(c3-c3cc(C(C)(C)C)cc(C(C)(C)C)c3)C=C5)C=C4)C2C1. The van der Waals surface area contributed by atoms with E-state index in [2.05, 4.69) is 297 Å². The van der Waals surface area contributed by atoms with Gasteiger partial charge in [-0.3, -0.25) is 0 Å². The average Bonchev–Trinajstić information content (AvgIpc) is 2.09. The molecule has 0 amide bonds. The van der Waals surface area contributed by atoms with Gasteiger partial charge in [-0.05, 0) is 154 Å². The number of rotatable bonds is 4. The largest absolute Gasteiger partial charge is 0.361 e. The van der Waals surface area contributed by atoms with Crippen LogP contribution in [0.4, 0.5) is 0 Å². The lowest BCUT2D eigenvalue weighted by molar-refractivity contribution is 0.404. The maximum absolute atomic E-state index is 6.02. The Labute approximate surface area is 507 Å². The summed E-state index contributed by atoms with van der Waals surface area (Å²) in [6.45, 7) is 58.1. The van der Waals surface area contributed by atoms with E-state index in [1.165, 1.54) is 78.1 Å². The van der Waals surface area contributed by atoms with Gasteiger partial charge in [-0.25, -0.2) is 9.97 Å². The van der Waals surface area contributed by atoms with E-state index in [-0.39, 0.29) is 55.2 Å². The van der Waals surface area contributed by atoms with Gasteiger partial charge >= 0.3 is 0 Å². The molecule has 4 aromatic carbocycles. The first-order valence-electron chi connectivity index (χ1n) is 31.4. The third kappa shape index (κ3) is 11.9. The summed E-state index contributed by atoms with van der Waals surface area (Å²) >= 11 is 0. The first-order valence-corrected chi connectivity index (χ1v) is 31.4. The number of H-pyrrole nitrogens is 2. The molecule has 2 unspecified atom stereocenters.